The van der Waals surface area contributed by atoms with Crippen LogP contribution in [0.15, 0.2) is 18.3 Å². The van der Waals surface area contributed by atoms with E-state index in [2.05, 4.69) is 5.10 Å². The second-order valence-electron chi connectivity index (χ2n) is 3.89. The van der Waals surface area contributed by atoms with E-state index in [4.69, 9.17) is 10.5 Å². The summed E-state index contributed by atoms with van der Waals surface area (Å²) in [6, 6.07) is 2.54. The smallest absolute Gasteiger partial charge is 0.139 e. The average molecular weight is 253 g/mol. The molecule has 1 heterocycles. The molecule has 2 rings (SSSR count). The van der Waals surface area contributed by atoms with E-state index in [9.17, 15) is 8.78 Å². The van der Waals surface area contributed by atoms with Gasteiger partial charge in [-0.1, -0.05) is 0 Å². The summed E-state index contributed by atoms with van der Waals surface area (Å²) in [5.74, 6) is -0.985. The van der Waals surface area contributed by atoms with Gasteiger partial charge in [0.15, 0.2) is 0 Å². The van der Waals surface area contributed by atoms with Crippen LogP contribution in [0.25, 0.3) is 11.1 Å². The number of benzene rings is 1. The first kappa shape index (κ1) is 12.5. The largest absolute Gasteiger partial charge is 0.383 e. The maximum absolute atomic E-state index is 14.2. The molecule has 0 aliphatic heterocycles. The second kappa shape index (κ2) is 4.73. The van der Waals surface area contributed by atoms with Gasteiger partial charge in [0, 0.05) is 30.8 Å². The van der Waals surface area contributed by atoms with E-state index in [1.54, 1.807) is 7.05 Å². The fourth-order valence-corrected chi connectivity index (χ4v) is 1.74. The van der Waals surface area contributed by atoms with Gasteiger partial charge < -0.3 is 10.5 Å². The predicted molar refractivity (Wildman–Crippen MR) is 63.7 cm³/mol. The molecule has 0 spiro atoms. The molecule has 0 amide bonds. The normalized spacial score (nSPS) is 10.9. The van der Waals surface area contributed by atoms with E-state index in [-0.39, 0.29) is 17.7 Å². The molecule has 1 aromatic heterocycles. The number of anilines is 1. The van der Waals surface area contributed by atoms with Crippen LogP contribution in [0.2, 0.25) is 0 Å². The summed E-state index contributed by atoms with van der Waals surface area (Å²) < 4.78 is 33.9. The highest BCUT2D eigenvalue weighted by Gasteiger charge is 2.17. The summed E-state index contributed by atoms with van der Waals surface area (Å²) in [6.07, 6.45) is 1.45. The maximum Gasteiger partial charge on any atom is 0.139 e. The van der Waals surface area contributed by atoms with Crippen molar-refractivity contribution in [2.24, 2.45) is 7.05 Å². The van der Waals surface area contributed by atoms with Crippen LogP contribution < -0.4 is 5.73 Å². The third-order valence-electron chi connectivity index (χ3n) is 2.75. The zero-order valence-electron chi connectivity index (χ0n) is 10.1. The van der Waals surface area contributed by atoms with Crippen LogP contribution in [0, 0.1) is 11.6 Å². The van der Waals surface area contributed by atoms with Gasteiger partial charge in [0.1, 0.15) is 17.5 Å². The molecule has 0 unspecified atom stereocenters. The second-order valence-corrected chi connectivity index (χ2v) is 3.89. The van der Waals surface area contributed by atoms with Crippen molar-refractivity contribution in [2.45, 2.75) is 6.61 Å². The fraction of sp³-hybridized carbons (Fsp3) is 0.250. The van der Waals surface area contributed by atoms with E-state index in [0.29, 0.717) is 11.4 Å². The van der Waals surface area contributed by atoms with Crippen LogP contribution in [0.1, 0.15) is 5.56 Å². The quantitative estimate of drug-likeness (QED) is 0.911. The molecule has 0 aliphatic carbocycles. The van der Waals surface area contributed by atoms with Gasteiger partial charge in [-0.05, 0) is 12.1 Å². The maximum atomic E-state index is 14.2. The molecule has 0 saturated carbocycles. The van der Waals surface area contributed by atoms with Crippen molar-refractivity contribution in [1.82, 2.24) is 9.78 Å². The van der Waals surface area contributed by atoms with Crippen LogP contribution in [-0.4, -0.2) is 16.9 Å². The Hall–Kier alpha value is -1.95. The standard InChI is InChI=1S/C12H13F2N3O/c1-17-12(15)8(5-16-17)7-3-4-10(13)9(6-18-2)11(7)14/h3-5H,6,15H2,1-2H3. The Balaban J connectivity index is 2.59. The minimum absolute atomic E-state index is 0.113. The van der Waals surface area contributed by atoms with Gasteiger partial charge in [-0.2, -0.15) is 5.10 Å². The average Bonchev–Trinajstić information content (AvgIpc) is 2.66. The number of ether oxygens (including phenoxy) is 1. The van der Waals surface area contributed by atoms with Crippen molar-refractivity contribution in [1.29, 1.82) is 0 Å². The van der Waals surface area contributed by atoms with Gasteiger partial charge in [0.05, 0.1) is 12.8 Å². The van der Waals surface area contributed by atoms with Crippen molar-refractivity contribution >= 4 is 5.82 Å². The summed E-state index contributed by atoms with van der Waals surface area (Å²) in [6.45, 7) is -0.133. The number of rotatable bonds is 3. The van der Waals surface area contributed by atoms with Crippen molar-refractivity contribution in [3.8, 4) is 11.1 Å². The first-order valence-electron chi connectivity index (χ1n) is 5.30. The number of methoxy groups -OCH3 is 1. The van der Waals surface area contributed by atoms with E-state index in [0.717, 1.165) is 0 Å². The first-order valence-corrected chi connectivity index (χ1v) is 5.30. The van der Waals surface area contributed by atoms with E-state index >= 15 is 0 Å². The van der Waals surface area contributed by atoms with E-state index < -0.39 is 11.6 Å². The highest BCUT2D eigenvalue weighted by molar-refractivity contribution is 5.74. The van der Waals surface area contributed by atoms with Gasteiger partial charge >= 0.3 is 0 Å². The lowest BCUT2D eigenvalue weighted by atomic mass is 10.0. The van der Waals surface area contributed by atoms with Crippen molar-refractivity contribution in [2.75, 3.05) is 12.8 Å². The Kier molecular flexibility index (Phi) is 3.29. The van der Waals surface area contributed by atoms with Crippen molar-refractivity contribution in [3.05, 3.63) is 35.5 Å². The van der Waals surface area contributed by atoms with Crippen molar-refractivity contribution in [3.63, 3.8) is 0 Å². The number of halogens is 2. The minimum atomic E-state index is -0.670. The highest BCUT2D eigenvalue weighted by atomic mass is 19.1. The van der Waals surface area contributed by atoms with Gasteiger partial charge in [-0.3, -0.25) is 4.68 Å². The Morgan fingerprint density at radius 2 is 2.06 bits per heavy atom. The molecule has 2 N–H and O–H groups in total. The monoisotopic (exact) mass is 253 g/mol. The Morgan fingerprint density at radius 3 is 2.61 bits per heavy atom. The SMILES string of the molecule is COCc1c(F)ccc(-c2cnn(C)c2N)c1F. The molecule has 18 heavy (non-hydrogen) atoms. The Morgan fingerprint density at radius 1 is 1.33 bits per heavy atom. The summed E-state index contributed by atoms with van der Waals surface area (Å²) in [5.41, 5.74) is 6.32. The van der Waals surface area contributed by atoms with Gasteiger partial charge in [-0.15, -0.1) is 0 Å². The molecule has 0 saturated heterocycles. The Labute approximate surface area is 103 Å². The lowest BCUT2D eigenvalue weighted by Gasteiger charge is -2.08. The van der Waals surface area contributed by atoms with E-state index in [1.165, 1.54) is 30.1 Å². The predicted octanol–water partition coefficient (Wildman–Crippen LogP) is 2.09. The summed E-state index contributed by atoms with van der Waals surface area (Å²) in [5, 5.41) is 3.93. The number of nitrogens with zero attached hydrogens (tertiary/aromatic N) is 2. The molecule has 0 radical (unpaired) electrons. The molecule has 4 nitrogen and oxygen atoms in total. The third kappa shape index (κ3) is 1.95. The van der Waals surface area contributed by atoms with Gasteiger partial charge in [0.2, 0.25) is 0 Å². The zero-order chi connectivity index (χ0) is 13.3. The summed E-state index contributed by atoms with van der Waals surface area (Å²) in [4.78, 5) is 0. The lowest BCUT2D eigenvalue weighted by Crippen LogP contribution is -2.02. The zero-order valence-corrected chi connectivity index (χ0v) is 10.1. The van der Waals surface area contributed by atoms with Crippen LogP contribution in [0.5, 0.6) is 0 Å². The topological polar surface area (TPSA) is 53.1 Å². The molecule has 0 bridgehead atoms. The molecule has 6 heteroatoms. The molecule has 2 aromatic rings. The molecule has 0 aliphatic rings. The number of nitrogen functional groups attached to an aromatic ring is 1. The number of aromatic nitrogens is 2. The summed E-state index contributed by atoms with van der Waals surface area (Å²) >= 11 is 0. The van der Waals surface area contributed by atoms with Gasteiger partial charge in [-0.25, -0.2) is 8.78 Å². The van der Waals surface area contributed by atoms with Gasteiger partial charge in [0.25, 0.3) is 0 Å². The first-order chi connectivity index (χ1) is 8.56. The molecule has 96 valence electrons. The van der Waals surface area contributed by atoms with Crippen LogP contribution in [0.3, 0.4) is 0 Å². The lowest BCUT2D eigenvalue weighted by molar-refractivity contribution is 0.177. The highest BCUT2D eigenvalue weighted by Crippen LogP contribution is 2.30. The number of hydrogen-bond donors (Lipinski definition) is 1. The van der Waals surface area contributed by atoms with Crippen LogP contribution >= 0.6 is 0 Å². The fourth-order valence-electron chi connectivity index (χ4n) is 1.74. The molecule has 0 atom stereocenters. The Bertz CT molecular complexity index is 581. The summed E-state index contributed by atoms with van der Waals surface area (Å²) in [7, 11) is 3.03. The molecular weight excluding hydrogens is 240 g/mol. The molecular formula is C12H13F2N3O. The number of nitrogens with two attached hydrogens (primary N) is 1. The van der Waals surface area contributed by atoms with Crippen molar-refractivity contribution < 1.29 is 13.5 Å². The number of aryl methyl sites for hydroxylation is 1. The molecule has 1 aromatic carbocycles. The molecule has 0 fully saturated rings. The number of hydrogen-bond acceptors (Lipinski definition) is 3. The van der Waals surface area contributed by atoms with Crippen LogP contribution in [-0.2, 0) is 18.4 Å². The minimum Gasteiger partial charge on any atom is -0.383 e. The van der Waals surface area contributed by atoms with E-state index in [1.807, 2.05) is 0 Å². The van der Waals surface area contributed by atoms with Crippen LogP contribution in [0.4, 0.5) is 14.6 Å². The third-order valence-corrected chi connectivity index (χ3v) is 2.75.